The second-order valence-electron chi connectivity index (χ2n) is 5.38. The average molecular weight is 398 g/mol. The fraction of sp³-hybridized carbons (Fsp3) is 0.222. The third-order valence-corrected chi connectivity index (χ3v) is 4.08. The second kappa shape index (κ2) is 8.92. The molecule has 2 aromatic rings. The van der Waals surface area contributed by atoms with Crippen molar-refractivity contribution >= 4 is 20.3 Å². The minimum atomic E-state index is -4.74. The number of hydrogen-bond donors (Lipinski definition) is 3. The van der Waals surface area contributed by atoms with Crippen LogP contribution < -0.4 is 23.5 Å². The monoisotopic (exact) mass is 398 g/mol. The molecule has 9 heteroatoms. The molecule has 0 bridgehead atoms. The van der Waals surface area contributed by atoms with Gasteiger partial charge in [0.1, 0.15) is 0 Å². The van der Waals surface area contributed by atoms with Crippen molar-refractivity contribution in [3.05, 3.63) is 41.5 Å². The third kappa shape index (κ3) is 5.48. The number of hydrogen-bond acceptors (Lipinski definition) is 8. The molecule has 8 nitrogen and oxygen atoms in total. The molecule has 3 N–H and O–H groups in total. The Balaban J connectivity index is 2.36. The van der Waals surface area contributed by atoms with E-state index < -0.39 is 8.17 Å². The standard InChI is InChI=1S/C18H23O8P/c1-22-14-8-7-12(9-15(14)26-27(19,20)21)5-6-13-10-16(23-2)18(25-4)17(11-13)24-3/h5-11,19-21,27H,1-4H3/b6-5-. The fourth-order valence-corrected chi connectivity index (χ4v) is 2.87. The molecule has 0 spiro atoms. The second-order valence-corrected chi connectivity index (χ2v) is 6.73. The average Bonchev–Trinajstić information content (AvgIpc) is 2.64. The molecule has 0 saturated carbocycles. The summed E-state index contributed by atoms with van der Waals surface area (Å²) in [6.07, 6.45) is 3.57. The molecule has 0 aliphatic carbocycles. The van der Waals surface area contributed by atoms with Gasteiger partial charge in [0.15, 0.2) is 0 Å². The summed E-state index contributed by atoms with van der Waals surface area (Å²) in [7, 11) is 1.26. The quantitative estimate of drug-likeness (QED) is 0.460. The maximum absolute atomic E-state index is 9.17. The molecule has 0 aliphatic heterocycles. The Labute approximate surface area is 157 Å². The number of benzene rings is 2. The van der Waals surface area contributed by atoms with Gasteiger partial charge in [0.05, 0.1) is 0 Å². The van der Waals surface area contributed by atoms with Crippen molar-refractivity contribution in [1.82, 2.24) is 0 Å². The van der Waals surface area contributed by atoms with Crippen molar-refractivity contribution in [3.63, 3.8) is 0 Å². The van der Waals surface area contributed by atoms with Gasteiger partial charge < -0.3 is 0 Å². The van der Waals surface area contributed by atoms with Crippen molar-refractivity contribution in [1.29, 1.82) is 0 Å². The number of ether oxygens (including phenoxy) is 4. The summed E-state index contributed by atoms with van der Waals surface area (Å²) in [5, 5.41) is 0. The Hall–Kier alpha value is -2.51. The van der Waals surface area contributed by atoms with Crippen LogP contribution >= 0.6 is 8.17 Å². The molecule has 2 aromatic carbocycles. The van der Waals surface area contributed by atoms with Gasteiger partial charge in [0, 0.05) is 0 Å². The van der Waals surface area contributed by atoms with E-state index in [4.69, 9.17) is 38.2 Å². The van der Waals surface area contributed by atoms with Gasteiger partial charge in [0.2, 0.25) is 0 Å². The summed E-state index contributed by atoms with van der Waals surface area (Å²) in [5.74, 6) is 1.81. The van der Waals surface area contributed by atoms with Crippen molar-refractivity contribution in [3.8, 4) is 28.7 Å². The van der Waals surface area contributed by atoms with E-state index in [1.165, 1.54) is 34.5 Å². The normalized spacial score (nSPS) is 12.0. The molecular weight excluding hydrogens is 375 g/mol. The topological polar surface area (TPSA) is 107 Å². The van der Waals surface area contributed by atoms with Crippen molar-refractivity contribution in [2.45, 2.75) is 0 Å². The maximum atomic E-state index is 9.17. The summed E-state index contributed by atoms with van der Waals surface area (Å²) in [4.78, 5) is 27.5. The molecule has 27 heavy (non-hydrogen) atoms. The Morgan fingerprint density at radius 3 is 1.67 bits per heavy atom. The minimum absolute atomic E-state index is 0.0173. The van der Waals surface area contributed by atoms with E-state index in [1.807, 2.05) is 0 Å². The van der Waals surface area contributed by atoms with E-state index >= 15 is 0 Å². The van der Waals surface area contributed by atoms with Crippen LogP contribution in [-0.2, 0) is 0 Å². The predicted octanol–water partition coefficient (Wildman–Crippen LogP) is 2.66. The summed E-state index contributed by atoms with van der Waals surface area (Å²) in [5.41, 5.74) is 1.47. The van der Waals surface area contributed by atoms with Gasteiger partial charge in [-0.25, -0.2) is 0 Å². The third-order valence-electron chi connectivity index (χ3n) is 3.59. The summed E-state index contributed by atoms with van der Waals surface area (Å²) in [6.45, 7) is 0. The molecule has 0 atom stereocenters. The zero-order chi connectivity index (χ0) is 20.0. The summed E-state index contributed by atoms with van der Waals surface area (Å²) in [6, 6.07) is 8.41. The van der Waals surface area contributed by atoms with Crippen molar-refractivity contribution in [2.24, 2.45) is 0 Å². The molecule has 2 rings (SSSR count). The van der Waals surface area contributed by atoms with Crippen LogP contribution in [0.1, 0.15) is 11.1 Å². The van der Waals surface area contributed by atoms with Gasteiger partial charge in [0.25, 0.3) is 0 Å². The Morgan fingerprint density at radius 1 is 0.667 bits per heavy atom. The first kappa shape index (κ1) is 20.8. The van der Waals surface area contributed by atoms with Crippen molar-refractivity contribution < 1.29 is 38.2 Å². The first-order valence-corrected chi connectivity index (χ1v) is 9.58. The molecule has 0 saturated heterocycles. The number of rotatable bonds is 8. The first-order valence-electron chi connectivity index (χ1n) is 7.83. The van der Waals surface area contributed by atoms with Crippen LogP contribution in [0.15, 0.2) is 30.3 Å². The number of methoxy groups -OCH3 is 4. The predicted molar refractivity (Wildman–Crippen MR) is 104 cm³/mol. The molecule has 0 aromatic heterocycles. The molecule has 0 unspecified atom stereocenters. The molecule has 0 amide bonds. The van der Waals surface area contributed by atoms with E-state index in [2.05, 4.69) is 0 Å². The van der Waals surface area contributed by atoms with Crippen LogP contribution in [0.5, 0.6) is 28.7 Å². The molecule has 0 radical (unpaired) electrons. The van der Waals surface area contributed by atoms with E-state index in [-0.39, 0.29) is 11.5 Å². The van der Waals surface area contributed by atoms with E-state index in [0.717, 1.165) is 5.56 Å². The zero-order valence-electron chi connectivity index (χ0n) is 15.4. The zero-order valence-corrected chi connectivity index (χ0v) is 16.4. The van der Waals surface area contributed by atoms with Crippen LogP contribution in [0.4, 0.5) is 0 Å². The molecule has 148 valence electrons. The van der Waals surface area contributed by atoms with Gasteiger partial charge in [-0.05, 0) is 0 Å². The first-order chi connectivity index (χ1) is 12.8. The van der Waals surface area contributed by atoms with Crippen molar-refractivity contribution in [2.75, 3.05) is 28.4 Å². The van der Waals surface area contributed by atoms with Gasteiger partial charge in [-0.15, -0.1) is 0 Å². The Bertz CT molecular complexity index is 788. The van der Waals surface area contributed by atoms with Gasteiger partial charge >= 0.3 is 157 Å². The van der Waals surface area contributed by atoms with Crippen LogP contribution in [0.3, 0.4) is 0 Å². The molecule has 0 heterocycles. The van der Waals surface area contributed by atoms with Gasteiger partial charge in [-0.2, -0.15) is 0 Å². The molecule has 0 fully saturated rings. The van der Waals surface area contributed by atoms with Gasteiger partial charge in [-0.1, -0.05) is 0 Å². The van der Waals surface area contributed by atoms with Crippen LogP contribution in [0, 0.1) is 0 Å². The van der Waals surface area contributed by atoms with Gasteiger partial charge in [-0.3, -0.25) is 0 Å². The van der Waals surface area contributed by atoms with Crippen LogP contribution in [0.25, 0.3) is 12.2 Å². The van der Waals surface area contributed by atoms with Crippen LogP contribution in [0.2, 0.25) is 0 Å². The summed E-state index contributed by atoms with van der Waals surface area (Å²) >= 11 is 0. The van der Waals surface area contributed by atoms with E-state index in [9.17, 15) is 0 Å². The van der Waals surface area contributed by atoms with E-state index in [0.29, 0.717) is 22.8 Å². The molecular formula is C18H23O8P. The SMILES string of the molecule is COc1ccc(/C=C\c2cc(OC)c(OC)c(OC)c2)cc1O[PH](O)(O)O. The van der Waals surface area contributed by atoms with E-state index in [1.54, 1.807) is 36.4 Å². The van der Waals surface area contributed by atoms with Crippen LogP contribution in [-0.4, -0.2) is 43.1 Å². The Morgan fingerprint density at radius 2 is 1.19 bits per heavy atom. The fourth-order valence-electron chi connectivity index (χ4n) is 2.41. The molecule has 0 aliphatic rings. The Kier molecular flexibility index (Phi) is 6.87. The summed E-state index contributed by atoms with van der Waals surface area (Å²) < 4.78 is 25.8.